The van der Waals surface area contributed by atoms with Crippen LogP contribution in [0, 0.1) is 0 Å². The molecule has 0 aromatic carbocycles. The Bertz CT molecular complexity index is 54.6. The first-order valence-electron chi connectivity index (χ1n) is 2.09. The third-order valence-electron chi connectivity index (χ3n) is 0.485. The molecular weight excluding hydrogens is 139 g/mol. The van der Waals surface area contributed by atoms with E-state index in [0.29, 0.717) is 0 Å². The predicted octanol–water partition coefficient (Wildman–Crippen LogP) is 1.34. The molecule has 0 atom stereocenters. The summed E-state index contributed by atoms with van der Waals surface area (Å²) in [6.07, 6.45) is 3.25. The molecule has 0 saturated heterocycles. The Morgan fingerprint density at radius 1 is 2.00 bits per heavy atom. The maximum Gasteiger partial charge on any atom is 0.106 e. The van der Waals surface area contributed by atoms with Gasteiger partial charge in [0, 0.05) is 0 Å². The summed E-state index contributed by atoms with van der Waals surface area (Å²) in [5.74, 6) is 0. The van der Waals surface area contributed by atoms with Gasteiger partial charge in [0.1, 0.15) is 7.85 Å². The summed E-state index contributed by atoms with van der Waals surface area (Å²) in [5, 5.41) is 0. The molecule has 0 aliphatic carbocycles. The molecule has 2 heteroatoms. The van der Waals surface area contributed by atoms with Crippen molar-refractivity contribution >= 4 is 23.8 Å². The van der Waals surface area contributed by atoms with Gasteiger partial charge >= 0.3 is 0 Å². The topological polar surface area (TPSA) is 0 Å². The molecule has 6 heavy (non-hydrogen) atoms. The number of hydrogen-bond donors (Lipinski definition) is 0. The van der Waals surface area contributed by atoms with Gasteiger partial charge < -0.3 is 0 Å². The minimum atomic E-state index is 1.12. The van der Waals surface area contributed by atoms with Crippen LogP contribution in [-0.4, -0.2) is 7.85 Å². The highest BCUT2D eigenvalue weighted by Crippen LogP contribution is 2.01. The molecule has 0 spiro atoms. The second-order valence-electron chi connectivity index (χ2n) is 1.20. The highest BCUT2D eigenvalue weighted by molar-refractivity contribution is 9.11. The van der Waals surface area contributed by atoms with Crippen LogP contribution >= 0.6 is 15.9 Å². The summed E-state index contributed by atoms with van der Waals surface area (Å²) in [6, 6.07) is 0. The molecule has 0 aromatic heterocycles. The largest absolute Gasteiger partial charge is 0.106 e. The molecule has 0 fully saturated rings. The first-order chi connectivity index (χ1) is 2.77. The van der Waals surface area contributed by atoms with Gasteiger partial charge in [0.25, 0.3) is 0 Å². The van der Waals surface area contributed by atoms with E-state index in [-0.39, 0.29) is 0 Å². The van der Waals surface area contributed by atoms with Crippen molar-refractivity contribution in [1.82, 2.24) is 0 Å². The van der Waals surface area contributed by atoms with Crippen molar-refractivity contribution in [3.05, 3.63) is 10.6 Å². The van der Waals surface area contributed by atoms with E-state index in [1.54, 1.807) is 0 Å². The van der Waals surface area contributed by atoms with Gasteiger partial charge in [-0.25, -0.2) is 0 Å². The molecule has 0 unspecified atom stereocenters. The lowest BCUT2D eigenvalue weighted by atomic mass is 10.1. The van der Waals surface area contributed by atoms with Crippen molar-refractivity contribution in [2.75, 3.05) is 0 Å². The molecule has 0 rings (SSSR count). The van der Waals surface area contributed by atoms with E-state index >= 15 is 0 Å². The Hall–Kier alpha value is 0.285. The molecule has 0 aromatic rings. The van der Waals surface area contributed by atoms with Crippen LogP contribution in [0.4, 0.5) is 0 Å². The summed E-state index contributed by atoms with van der Waals surface area (Å²) >= 11 is 3.30. The molecular formula is C4H8BBr. The number of hydrogen-bond acceptors (Lipinski definition) is 0. The van der Waals surface area contributed by atoms with Crippen LogP contribution in [0.15, 0.2) is 10.6 Å². The minimum absolute atomic E-state index is 1.12. The Morgan fingerprint density at radius 2 is 2.50 bits per heavy atom. The lowest BCUT2D eigenvalue weighted by Gasteiger charge is -1.77. The monoisotopic (exact) mass is 146 g/mol. The van der Waals surface area contributed by atoms with E-state index < -0.39 is 0 Å². The molecule has 0 bridgehead atoms. The van der Waals surface area contributed by atoms with Crippen LogP contribution in [0.3, 0.4) is 0 Å². The fourth-order valence-corrected chi connectivity index (χ4v) is 0.605. The molecule has 0 nitrogen and oxygen atoms in total. The first kappa shape index (κ1) is 6.28. The molecule has 0 N–H and O–H groups in total. The van der Waals surface area contributed by atoms with Gasteiger partial charge in [0.15, 0.2) is 0 Å². The van der Waals surface area contributed by atoms with E-state index in [2.05, 4.69) is 29.9 Å². The van der Waals surface area contributed by atoms with Crippen LogP contribution in [0.1, 0.15) is 6.92 Å². The number of rotatable bonds is 1. The van der Waals surface area contributed by atoms with E-state index in [0.717, 1.165) is 6.32 Å². The lowest BCUT2D eigenvalue weighted by molar-refractivity contribution is 1.60. The van der Waals surface area contributed by atoms with Gasteiger partial charge in [-0.05, 0) is 11.4 Å². The van der Waals surface area contributed by atoms with Gasteiger partial charge in [-0.1, -0.05) is 28.3 Å². The quantitative estimate of drug-likeness (QED) is 0.490. The van der Waals surface area contributed by atoms with Crippen LogP contribution < -0.4 is 0 Å². The normalized spacial score (nSPS) is 12.0. The van der Waals surface area contributed by atoms with Crippen molar-refractivity contribution in [3.63, 3.8) is 0 Å². The van der Waals surface area contributed by atoms with Crippen molar-refractivity contribution < 1.29 is 0 Å². The summed E-state index contributed by atoms with van der Waals surface area (Å²) < 4.78 is 1.23. The van der Waals surface area contributed by atoms with Gasteiger partial charge in [-0.2, -0.15) is 0 Å². The summed E-state index contributed by atoms with van der Waals surface area (Å²) in [7, 11) is 2.12. The average molecular weight is 147 g/mol. The molecule has 0 radical (unpaired) electrons. The van der Waals surface area contributed by atoms with E-state index in [4.69, 9.17) is 0 Å². The smallest absolute Gasteiger partial charge is 0.0825 e. The van der Waals surface area contributed by atoms with Crippen LogP contribution in [0.5, 0.6) is 0 Å². The van der Waals surface area contributed by atoms with E-state index in [1.165, 1.54) is 4.48 Å². The average Bonchev–Trinajstić information content (AvgIpc) is 1.35. The van der Waals surface area contributed by atoms with E-state index in [9.17, 15) is 0 Å². The van der Waals surface area contributed by atoms with Crippen molar-refractivity contribution in [1.29, 1.82) is 0 Å². The fraction of sp³-hybridized carbons (Fsp3) is 0.500. The van der Waals surface area contributed by atoms with Gasteiger partial charge in [-0.15, -0.1) is 0 Å². The predicted molar refractivity (Wildman–Crippen MR) is 36.0 cm³/mol. The minimum Gasteiger partial charge on any atom is -0.0825 e. The Balaban J connectivity index is 3.14. The fourth-order valence-electron chi connectivity index (χ4n) is 0.281. The summed E-state index contributed by atoms with van der Waals surface area (Å²) in [6.45, 7) is 2.03. The summed E-state index contributed by atoms with van der Waals surface area (Å²) in [4.78, 5) is 0. The second-order valence-corrected chi connectivity index (χ2v) is 2.45. The zero-order valence-corrected chi connectivity index (χ0v) is 5.75. The maximum absolute atomic E-state index is 3.30. The Kier molecular flexibility index (Phi) is 3.64. The zero-order chi connectivity index (χ0) is 4.99. The highest BCUT2D eigenvalue weighted by atomic mass is 79.9. The molecule has 0 amide bonds. The van der Waals surface area contributed by atoms with Crippen molar-refractivity contribution in [2.24, 2.45) is 0 Å². The molecule has 0 aliphatic rings. The molecule has 0 saturated carbocycles. The Labute approximate surface area is 48.2 Å². The zero-order valence-electron chi connectivity index (χ0n) is 4.16. The highest BCUT2D eigenvalue weighted by Gasteiger charge is 1.70. The number of halogens is 1. The lowest BCUT2D eigenvalue weighted by Crippen LogP contribution is -1.57. The SMILES string of the molecule is BCC=C(C)Br. The first-order valence-corrected chi connectivity index (χ1v) is 2.89. The van der Waals surface area contributed by atoms with Gasteiger partial charge in [-0.3, -0.25) is 0 Å². The van der Waals surface area contributed by atoms with Crippen LogP contribution in [0.25, 0.3) is 0 Å². The molecule has 0 heterocycles. The third kappa shape index (κ3) is 4.28. The maximum atomic E-state index is 3.30. The van der Waals surface area contributed by atoms with Crippen molar-refractivity contribution in [2.45, 2.75) is 13.2 Å². The van der Waals surface area contributed by atoms with E-state index in [1.807, 2.05) is 6.92 Å². The molecule has 34 valence electrons. The Morgan fingerprint density at radius 3 is 2.50 bits per heavy atom. The number of allylic oxidation sites excluding steroid dienone is 2. The van der Waals surface area contributed by atoms with Gasteiger partial charge in [0.2, 0.25) is 0 Å². The third-order valence-corrected chi connectivity index (χ3v) is 0.809. The van der Waals surface area contributed by atoms with Crippen LogP contribution in [0.2, 0.25) is 6.32 Å². The van der Waals surface area contributed by atoms with Gasteiger partial charge in [0.05, 0.1) is 0 Å². The van der Waals surface area contributed by atoms with Crippen molar-refractivity contribution in [3.8, 4) is 0 Å². The van der Waals surface area contributed by atoms with Crippen LogP contribution in [-0.2, 0) is 0 Å². The standard InChI is InChI=1S/C4H8BBr/c1-4(6)2-3-5/h2H,3,5H2,1H3. The molecule has 0 aliphatic heterocycles. The second kappa shape index (κ2) is 3.47. The summed E-state index contributed by atoms with van der Waals surface area (Å²) in [5.41, 5.74) is 0.